The van der Waals surface area contributed by atoms with E-state index in [4.69, 9.17) is 4.42 Å². The van der Waals surface area contributed by atoms with E-state index in [0.717, 1.165) is 0 Å². The number of non-ortho nitro benzene ring substituents is 1. The Balaban J connectivity index is 2.07. The van der Waals surface area contributed by atoms with Crippen LogP contribution in [-0.2, 0) is 0 Å². The van der Waals surface area contributed by atoms with E-state index < -0.39 is 4.92 Å². The molecule has 0 aliphatic heterocycles. The Labute approximate surface area is 109 Å². The van der Waals surface area contributed by atoms with E-state index in [0.29, 0.717) is 36.5 Å². The SMILES string of the molecule is CCC(O)CCNc1nc2cc([N+](=O)[O-])ccc2o1. The highest BCUT2D eigenvalue weighted by molar-refractivity contribution is 5.77. The second-order valence-electron chi connectivity index (χ2n) is 4.21. The van der Waals surface area contributed by atoms with Crippen molar-refractivity contribution in [2.75, 3.05) is 11.9 Å². The van der Waals surface area contributed by atoms with Crippen LogP contribution in [0, 0.1) is 10.1 Å². The summed E-state index contributed by atoms with van der Waals surface area (Å²) in [5.41, 5.74) is 0.908. The number of hydrogen-bond acceptors (Lipinski definition) is 6. The summed E-state index contributed by atoms with van der Waals surface area (Å²) in [4.78, 5) is 14.3. The molecule has 7 heteroatoms. The molecule has 2 aromatic rings. The number of fused-ring (bicyclic) bond motifs is 1. The standard InChI is InChI=1S/C12H15N3O4/c1-2-9(16)5-6-13-12-14-10-7-8(15(17)18)3-4-11(10)19-12/h3-4,7,9,16H,2,5-6H2,1H3,(H,13,14). The Morgan fingerprint density at radius 1 is 1.58 bits per heavy atom. The first-order valence-corrected chi connectivity index (χ1v) is 6.07. The van der Waals surface area contributed by atoms with Crippen molar-refractivity contribution in [1.82, 2.24) is 4.98 Å². The maximum atomic E-state index is 10.6. The summed E-state index contributed by atoms with van der Waals surface area (Å²) in [5.74, 6) is 0. The lowest BCUT2D eigenvalue weighted by Crippen LogP contribution is -2.12. The molecule has 1 aromatic carbocycles. The lowest BCUT2D eigenvalue weighted by molar-refractivity contribution is -0.384. The molecule has 0 aliphatic carbocycles. The normalized spacial score (nSPS) is 12.5. The highest BCUT2D eigenvalue weighted by atomic mass is 16.6. The van der Waals surface area contributed by atoms with Gasteiger partial charge in [-0.3, -0.25) is 10.1 Å². The fraction of sp³-hybridized carbons (Fsp3) is 0.417. The smallest absolute Gasteiger partial charge is 0.295 e. The van der Waals surface area contributed by atoms with Crippen molar-refractivity contribution >= 4 is 22.8 Å². The zero-order chi connectivity index (χ0) is 13.8. The van der Waals surface area contributed by atoms with Gasteiger partial charge in [-0.25, -0.2) is 0 Å². The van der Waals surface area contributed by atoms with Crippen LogP contribution >= 0.6 is 0 Å². The minimum Gasteiger partial charge on any atom is -0.424 e. The highest BCUT2D eigenvalue weighted by Gasteiger charge is 2.11. The van der Waals surface area contributed by atoms with E-state index in [-0.39, 0.29) is 11.8 Å². The largest absolute Gasteiger partial charge is 0.424 e. The summed E-state index contributed by atoms with van der Waals surface area (Å²) in [5, 5.41) is 23.0. The maximum absolute atomic E-state index is 10.6. The van der Waals surface area contributed by atoms with Crippen molar-refractivity contribution in [2.45, 2.75) is 25.9 Å². The van der Waals surface area contributed by atoms with Crippen molar-refractivity contribution in [3.8, 4) is 0 Å². The van der Waals surface area contributed by atoms with Gasteiger partial charge >= 0.3 is 0 Å². The molecule has 1 atom stereocenters. The number of nitro groups is 1. The number of oxazole rings is 1. The predicted octanol–water partition coefficient (Wildman–Crippen LogP) is 2.31. The molecule has 0 bridgehead atoms. The summed E-state index contributed by atoms with van der Waals surface area (Å²) in [6, 6.07) is 4.56. The van der Waals surface area contributed by atoms with Gasteiger partial charge in [0.1, 0.15) is 5.52 Å². The molecule has 0 amide bonds. The van der Waals surface area contributed by atoms with Gasteiger partial charge in [0.15, 0.2) is 5.58 Å². The van der Waals surface area contributed by atoms with Crippen LogP contribution in [0.2, 0.25) is 0 Å². The zero-order valence-electron chi connectivity index (χ0n) is 10.5. The summed E-state index contributed by atoms with van der Waals surface area (Å²) in [6.07, 6.45) is 0.939. The second kappa shape index (κ2) is 5.66. The van der Waals surface area contributed by atoms with Crippen molar-refractivity contribution in [3.05, 3.63) is 28.3 Å². The van der Waals surface area contributed by atoms with Crippen LogP contribution in [0.25, 0.3) is 11.1 Å². The third kappa shape index (κ3) is 3.19. The number of hydrogen-bond donors (Lipinski definition) is 2. The molecule has 1 aromatic heterocycles. The molecule has 2 rings (SSSR count). The first kappa shape index (κ1) is 13.3. The average molecular weight is 265 g/mol. The molecule has 1 unspecified atom stereocenters. The number of aromatic nitrogens is 1. The van der Waals surface area contributed by atoms with Crippen LogP contribution in [-0.4, -0.2) is 27.7 Å². The molecule has 1 heterocycles. The number of benzene rings is 1. The molecule has 0 saturated heterocycles. The second-order valence-corrected chi connectivity index (χ2v) is 4.21. The summed E-state index contributed by atoms with van der Waals surface area (Å²) >= 11 is 0. The van der Waals surface area contributed by atoms with Gasteiger partial charge in [-0.05, 0) is 18.9 Å². The van der Waals surface area contributed by atoms with Gasteiger partial charge in [0.05, 0.1) is 11.0 Å². The molecule has 7 nitrogen and oxygen atoms in total. The van der Waals surface area contributed by atoms with Crippen molar-refractivity contribution in [3.63, 3.8) is 0 Å². The number of aliphatic hydroxyl groups excluding tert-OH is 1. The fourth-order valence-electron chi connectivity index (χ4n) is 1.65. The van der Waals surface area contributed by atoms with Gasteiger partial charge < -0.3 is 14.8 Å². The fourth-order valence-corrected chi connectivity index (χ4v) is 1.65. The number of rotatable bonds is 6. The van der Waals surface area contributed by atoms with Crippen molar-refractivity contribution in [1.29, 1.82) is 0 Å². The molecule has 19 heavy (non-hydrogen) atoms. The molecular weight excluding hydrogens is 250 g/mol. The Morgan fingerprint density at radius 2 is 2.37 bits per heavy atom. The maximum Gasteiger partial charge on any atom is 0.295 e. The Kier molecular flexibility index (Phi) is 3.96. The van der Waals surface area contributed by atoms with Crippen molar-refractivity contribution in [2.24, 2.45) is 0 Å². The third-order valence-electron chi connectivity index (χ3n) is 2.81. The number of anilines is 1. The minimum absolute atomic E-state index is 0.0197. The monoisotopic (exact) mass is 265 g/mol. The van der Waals surface area contributed by atoms with Crippen molar-refractivity contribution < 1.29 is 14.4 Å². The molecule has 2 N–H and O–H groups in total. The molecule has 0 aliphatic rings. The van der Waals surface area contributed by atoms with E-state index in [9.17, 15) is 15.2 Å². The van der Waals surface area contributed by atoms with Crippen LogP contribution in [0.1, 0.15) is 19.8 Å². The minimum atomic E-state index is -0.473. The van der Waals surface area contributed by atoms with E-state index >= 15 is 0 Å². The van der Waals surface area contributed by atoms with Gasteiger partial charge in [-0.2, -0.15) is 4.98 Å². The van der Waals surface area contributed by atoms with Crippen LogP contribution in [0.5, 0.6) is 0 Å². The van der Waals surface area contributed by atoms with Gasteiger partial charge in [0.25, 0.3) is 11.7 Å². The topological polar surface area (TPSA) is 101 Å². The lowest BCUT2D eigenvalue weighted by atomic mass is 10.2. The number of nitro benzene ring substituents is 1. The van der Waals surface area contributed by atoms with Crippen LogP contribution < -0.4 is 5.32 Å². The molecular formula is C12H15N3O4. The average Bonchev–Trinajstić information content (AvgIpc) is 2.79. The Bertz CT molecular complexity index is 581. The Morgan fingerprint density at radius 3 is 3.05 bits per heavy atom. The Hall–Kier alpha value is -2.15. The van der Waals surface area contributed by atoms with Gasteiger partial charge in [-0.1, -0.05) is 6.92 Å². The number of nitrogens with zero attached hydrogens (tertiary/aromatic N) is 2. The molecule has 0 spiro atoms. The van der Waals surface area contributed by atoms with E-state index in [2.05, 4.69) is 10.3 Å². The van der Waals surface area contributed by atoms with E-state index in [1.807, 2.05) is 6.92 Å². The summed E-state index contributed by atoms with van der Waals surface area (Å²) in [6.45, 7) is 2.44. The molecule has 102 valence electrons. The zero-order valence-corrected chi connectivity index (χ0v) is 10.5. The highest BCUT2D eigenvalue weighted by Crippen LogP contribution is 2.23. The van der Waals surface area contributed by atoms with Crippen LogP contribution in [0.4, 0.5) is 11.7 Å². The number of nitrogens with one attached hydrogen (secondary N) is 1. The van der Waals surface area contributed by atoms with E-state index in [1.165, 1.54) is 18.2 Å². The third-order valence-corrected chi connectivity index (χ3v) is 2.81. The lowest BCUT2D eigenvalue weighted by Gasteiger charge is -2.06. The summed E-state index contributed by atoms with van der Waals surface area (Å²) in [7, 11) is 0. The van der Waals surface area contributed by atoms with Crippen LogP contribution in [0.3, 0.4) is 0 Å². The number of aliphatic hydroxyl groups is 1. The quantitative estimate of drug-likeness (QED) is 0.613. The molecule has 0 radical (unpaired) electrons. The van der Waals surface area contributed by atoms with Gasteiger partial charge in [-0.15, -0.1) is 0 Å². The molecule has 0 fully saturated rings. The first-order valence-electron chi connectivity index (χ1n) is 6.07. The first-order chi connectivity index (χ1) is 9.10. The predicted molar refractivity (Wildman–Crippen MR) is 70.1 cm³/mol. The summed E-state index contributed by atoms with van der Waals surface area (Å²) < 4.78 is 5.39. The van der Waals surface area contributed by atoms with E-state index in [1.54, 1.807) is 0 Å². The van der Waals surface area contributed by atoms with Crippen LogP contribution in [0.15, 0.2) is 22.6 Å². The van der Waals surface area contributed by atoms with Gasteiger partial charge in [0, 0.05) is 18.7 Å². The van der Waals surface area contributed by atoms with Gasteiger partial charge in [0.2, 0.25) is 0 Å². The molecule has 0 saturated carbocycles.